The number of rotatable bonds is 5. The summed E-state index contributed by atoms with van der Waals surface area (Å²) in [5.74, 6) is 0.0976. The predicted octanol–water partition coefficient (Wildman–Crippen LogP) is 4.81. The van der Waals surface area contributed by atoms with Gasteiger partial charge in [0.25, 0.3) is 0 Å². The SMILES string of the molecule is Nc1ncnc2c1c(=O)ccn2-c1ccc(NC(=O)Nc2cc(C(F)(F)F)c(Cl)cc2OC2CCNCC2)cc1. The molecule has 1 aliphatic rings. The maximum atomic E-state index is 13.5. The average Bonchev–Trinajstić information content (AvgIpc) is 2.91. The number of carbonyl (C=O) groups excluding carboxylic acids is 1. The van der Waals surface area contributed by atoms with Crippen molar-refractivity contribution in [3.05, 3.63) is 75.8 Å². The van der Waals surface area contributed by atoms with Crippen LogP contribution in [-0.4, -0.2) is 39.8 Å². The maximum absolute atomic E-state index is 13.5. The van der Waals surface area contributed by atoms with E-state index in [1.165, 1.54) is 18.6 Å². The van der Waals surface area contributed by atoms with E-state index in [2.05, 4.69) is 25.9 Å². The molecule has 1 saturated heterocycles. The number of halogens is 4. The fraction of sp³-hybridized carbons (Fsp3) is 0.231. The van der Waals surface area contributed by atoms with Gasteiger partial charge in [-0.15, -0.1) is 0 Å². The third kappa shape index (κ3) is 5.80. The number of carbonyl (C=O) groups is 1. The second-order valence-corrected chi connectivity index (χ2v) is 9.43. The molecule has 2 aromatic heterocycles. The lowest BCUT2D eigenvalue weighted by Crippen LogP contribution is -2.34. The molecule has 0 radical (unpaired) electrons. The number of fused-ring (bicyclic) bond motifs is 1. The van der Waals surface area contributed by atoms with Crippen molar-refractivity contribution >= 4 is 45.9 Å². The second-order valence-electron chi connectivity index (χ2n) is 9.03. The normalized spacial score (nSPS) is 14.2. The Bertz CT molecular complexity index is 1620. The largest absolute Gasteiger partial charge is 0.488 e. The van der Waals surface area contributed by atoms with Crippen molar-refractivity contribution in [1.82, 2.24) is 19.9 Å². The Morgan fingerprint density at radius 3 is 2.52 bits per heavy atom. The number of nitrogens with two attached hydrogens (primary N) is 1. The molecule has 1 fully saturated rings. The van der Waals surface area contributed by atoms with E-state index in [1.54, 1.807) is 28.8 Å². The van der Waals surface area contributed by atoms with Crippen LogP contribution in [0.25, 0.3) is 16.7 Å². The summed E-state index contributed by atoms with van der Waals surface area (Å²) in [4.78, 5) is 33.1. The first-order valence-electron chi connectivity index (χ1n) is 12.2. The summed E-state index contributed by atoms with van der Waals surface area (Å²) in [7, 11) is 0. The summed E-state index contributed by atoms with van der Waals surface area (Å²) in [5, 5.41) is 7.87. The van der Waals surface area contributed by atoms with Crippen LogP contribution in [0, 0.1) is 0 Å². The smallest absolute Gasteiger partial charge is 0.417 e. The predicted molar refractivity (Wildman–Crippen MR) is 145 cm³/mol. The monoisotopic (exact) mass is 573 g/mol. The van der Waals surface area contributed by atoms with Crippen molar-refractivity contribution < 1.29 is 22.7 Å². The molecule has 1 aliphatic heterocycles. The van der Waals surface area contributed by atoms with Gasteiger partial charge < -0.3 is 31.0 Å². The highest BCUT2D eigenvalue weighted by molar-refractivity contribution is 6.31. The number of nitrogens with one attached hydrogen (secondary N) is 3. The van der Waals surface area contributed by atoms with E-state index in [0.717, 1.165) is 12.1 Å². The number of piperidine rings is 1. The molecular weight excluding hydrogens is 551 g/mol. The number of benzene rings is 2. The first kappa shape index (κ1) is 27.2. The number of alkyl halides is 3. The van der Waals surface area contributed by atoms with Crippen LogP contribution in [0.4, 0.5) is 35.2 Å². The minimum atomic E-state index is -4.73. The molecule has 0 unspecified atom stereocenters. The van der Waals surface area contributed by atoms with Gasteiger partial charge in [-0.2, -0.15) is 13.2 Å². The molecule has 0 atom stereocenters. The Labute approximate surface area is 230 Å². The average molecular weight is 574 g/mol. The topological polar surface area (TPSA) is 136 Å². The van der Waals surface area contributed by atoms with E-state index in [9.17, 15) is 22.8 Å². The molecule has 14 heteroatoms. The number of ether oxygens (including phenoxy) is 1. The molecule has 208 valence electrons. The third-order valence-electron chi connectivity index (χ3n) is 6.31. The van der Waals surface area contributed by atoms with Crippen LogP contribution in [-0.2, 0) is 6.18 Å². The van der Waals surface area contributed by atoms with Crippen LogP contribution >= 0.6 is 11.6 Å². The fourth-order valence-corrected chi connectivity index (χ4v) is 4.62. The highest BCUT2D eigenvalue weighted by Gasteiger charge is 2.35. The molecule has 5 rings (SSSR count). The number of hydrogen-bond donors (Lipinski definition) is 4. The molecule has 5 N–H and O–H groups in total. The molecule has 40 heavy (non-hydrogen) atoms. The number of hydrogen-bond acceptors (Lipinski definition) is 7. The Morgan fingerprint density at radius 2 is 1.82 bits per heavy atom. The highest BCUT2D eigenvalue weighted by atomic mass is 35.5. The van der Waals surface area contributed by atoms with E-state index in [4.69, 9.17) is 22.1 Å². The molecule has 3 heterocycles. The van der Waals surface area contributed by atoms with Gasteiger partial charge in [-0.25, -0.2) is 14.8 Å². The maximum Gasteiger partial charge on any atom is 0.417 e. The Hall–Kier alpha value is -4.36. The Kier molecular flexibility index (Phi) is 7.50. The van der Waals surface area contributed by atoms with E-state index in [1.807, 2.05) is 0 Å². The van der Waals surface area contributed by atoms with E-state index in [-0.39, 0.29) is 34.2 Å². The zero-order chi connectivity index (χ0) is 28.4. The molecule has 0 bridgehead atoms. The summed E-state index contributed by atoms with van der Waals surface area (Å²) in [6.45, 7) is 1.40. The zero-order valence-corrected chi connectivity index (χ0v) is 21.5. The summed E-state index contributed by atoms with van der Waals surface area (Å²) >= 11 is 5.91. The van der Waals surface area contributed by atoms with Crippen molar-refractivity contribution in [1.29, 1.82) is 0 Å². The summed E-state index contributed by atoms with van der Waals surface area (Å²) in [6.07, 6.45) is -0.878. The van der Waals surface area contributed by atoms with Gasteiger partial charge in [0.2, 0.25) is 0 Å². The first-order chi connectivity index (χ1) is 19.1. The van der Waals surface area contributed by atoms with Crippen molar-refractivity contribution in [2.45, 2.75) is 25.1 Å². The van der Waals surface area contributed by atoms with Gasteiger partial charge in [-0.05, 0) is 56.3 Å². The minimum absolute atomic E-state index is 0.0433. The minimum Gasteiger partial charge on any atom is -0.488 e. The number of pyridine rings is 1. The van der Waals surface area contributed by atoms with Crippen LogP contribution in [0.2, 0.25) is 5.02 Å². The Morgan fingerprint density at radius 1 is 1.10 bits per heavy atom. The molecule has 0 spiro atoms. The van der Waals surface area contributed by atoms with Crippen LogP contribution in [0.5, 0.6) is 5.75 Å². The van der Waals surface area contributed by atoms with Crippen molar-refractivity contribution in [3.8, 4) is 11.4 Å². The summed E-state index contributed by atoms with van der Waals surface area (Å²) < 4.78 is 48.1. The second kappa shape index (κ2) is 11.0. The molecule has 2 amide bonds. The van der Waals surface area contributed by atoms with Gasteiger partial charge in [0.1, 0.15) is 29.4 Å². The molecular formula is C26H23ClF3N7O3. The van der Waals surface area contributed by atoms with Crippen LogP contribution < -0.4 is 31.8 Å². The van der Waals surface area contributed by atoms with Crippen molar-refractivity contribution in [2.75, 3.05) is 29.5 Å². The van der Waals surface area contributed by atoms with Gasteiger partial charge in [0, 0.05) is 29.7 Å². The molecule has 0 saturated carbocycles. The van der Waals surface area contributed by atoms with Crippen molar-refractivity contribution in [3.63, 3.8) is 0 Å². The lowest BCUT2D eigenvalue weighted by molar-refractivity contribution is -0.137. The van der Waals surface area contributed by atoms with Crippen LogP contribution in [0.15, 0.2) is 59.8 Å². The van der Waals surface area contributed by atoms with E-state index >= 15 is 0 Å². The summed E-state index contributed by atoms with van der Waals surface area (Å²) in [6, 6.07) is 8.87. The van der Waals surface area contributed by atoms with Crippen molar-refractivity contribution in [2.24, 2.45) is 0 Å². The quantitative estimate of drug-likeness (QED) is 0.269. The third-order valence-corrected chi connectivity index (χ3v) is 6.62. The number of urea groups is 1. The van der Waals surface area contributed by atoms with Gasteiger partial charge in [0.15, 0.2) is 11.1 Å². The standard InChI is InChI=1S/C26H23ClF3N7O3/c27-18-12-21(40-16-5-8-32-9-6-16)19(11-17(18)26(28,29)30)36-25(39)35-14-1-3-15(4-2-14)37-10-7-20(38)22-23(31)33-13-34-24(22)37/h1-4,7,10-13,16,32H,5-6,8-9H2,(H2,31,33,34)(H2,35,36,39). The molecule has 2 aromatic carbocycles. The van der Waals surface area contributed by atoms with Gasteiger partial charge in [-0.3, -0.25) is 4.79 Å². The number of anilines is 3. The zero-order valence-electron chi connectivity index (χ0n) is 20.8. The van der Waals surface area contributed by atoms with Gasteiger partial charge >= 0.3 is 12.2 Å². The van der Waals surface area contributed by atoms with E-state index < -0.39 is 22.8 Å². The first-order valence-corrected chi connectivity index (χ1v) is 12.6. The number of nitrogens with zero attached hydrogens (tertiary/aromatic N) is 3. The van der Waals surface area contributed by atoms with Gasteiger partial charge in [0.05, 0.1) is 16.3 Å². The van der Waals surface area contributed by atoms with Crippen LogP contribution in [0.1, 0.15) is 18.4 Å². The highest BCUT2D eigenvalue weighted by Crippen LogP contribution is 2.41. The molecule has 0 aliphatic carbocycles. The molecule has 10 nitrogen and oxygen atoms in total. The van der Waals surface area contributed by atoms with Crippen LogP contribution in [0.3, 0.4) is 0 Å². The fourth-order valence-electron chi connectivity index (χ4n) is 4.36. The number of aromatic nitrogens is 3. The lowest BCUT2D eigenvalue weighted by atomic mass is 10.1. The van der Waals surface area contributed by atoms with Gasteiger partial charge in [-0.1, -0.05) is 11.6 Å². The lowest BCUT2D eigenvalue weighted by Gasteiger charge is -2.26. The molecule has 4 aromatic rings. The Balaban J connectivity index is 1.37. The summed E-state index contributed by atoms with van der Waals surface area (Å²) in [5.41, 5.74) is 5.54. The number of nitrogen functional groups attached to an aromatic ring is 1. The van der Waals surface area contributed by atoms with E-state index in [0.29, 0.717) is 43.0 Å². The number of amides is 2.